The van der Waals surface area contributed by atoms with Gasteiger partial charge in [-0.15, -0.1) is 0 Å². The van der Waals surface area contributed by atoms with E-state index in [1.807, 2.05) is 0 Å². The molecule has 1 aromatic carbocycles. The van der Waals surface area contributed by atoms with Crippen molar-refractivity contribution in [3.8, 4) is 0 Å². The molecule has 6 heteroatoms. The molecule has 0 amide bonds. The maximum Gasteiger partial charge on any atom is 0.411 e. The Labute approximate surface area is 109 Å². The van der Waals surface area contributed by atoms with E-state index >= 15 is 0 Å². The highest BCUT2D eigenvalue weighted by Gasteiger charge is 2.27. The van der Waals surface area contributed by atoms with E-state index in [-0.39, 0.29) is 18.5 Å². The Hall–Kier alpha value is -1.14. The third-order valence-electron chi connectivity index (χ3n) is 2.77. The SMILES string of the molecule is CNC(CCOCC(F)(F)F)c1ccc(F)cc1C. The maximum absolute atomic E-state index is 13.0. The molecule has 19 heavy (non-hydrogen) atoms. The molecule has 0 saturated heterocycles. The minimum absolute atomic E-state index is 0.0121. The Bertz CT molecular complexity index is 406. The van der Waals surface area contributed by atoms with Crippen molar-refractivity contribution in [2.45, 2.75) is 25.6 Å². The number of rotatable bonds is 6. The van der Waals surface area contributed by atoms with Gasteiger partial charge in [0.25, 0.3) is 0 Å². The lowest BCUT2D eigenvalue weighted by Gasteiger charge is -2.19. The predicted molar refractivity (Wildman–Crippen MR) is 64.4 cm³/mol. The quantitative estimate of drug-likeness (QED) is 0.637. The van der Waals surface area contributed by atoms with Crippen molar-refractivity contribution in [3.63, 3.8) is 0 Å². The number of hydrogen-bond acceptors (Lipinski definition) is 2. The Morgan fingerprint density at radius 1 is 1.32 bits per heavy atom. The largest absolute Gasteiger partial charge is 0.411 e. The number of ether oxygens (including phenoxy) is 1. The zero-order chi connectivity index (χ0) is 14.5. The summed E-state index contributed by atoms with van der Waals surface area (Å²) in [6.45, 7) is 0.507. The average Bonchev–Trinajstić information content (AvgIpc) is 2.29. The first-order valence-corrected chi connectivity index (χ1v) is 5.91. The van der Waals surface area contributed by atoms with Gasteiger partial charge in [-0.2, -0.15) is 13.2 Å². The van der Waals surface area contributed by atoms with Crippen LogP contribution >= 0.6 is 0 Å². The molecule has 0 heterocycles. The van der Waals surface area contributed by atoms with Gasteiger partial charge in [0.1, 0.15) is 12.4 Å². The van der Waals surface area contributed by atoms with Crippen LogP contribution in [0.4, 0.5) is 17.6 Å². The van der Waals surface area contributed by atoms with E-state index in [1.165, 1.54) is 12.1 Å². The van der Waals surface area contributed by atoms with Gasteiger partial charge in [0.2, 0.25) is 0 Å². The molecule has 0 aliphatic carbocycles. The topological polar surface area (TPSA) is 21.3 Å². The zero-order valence-electron chi connectivity index (χ0n) is 10.9. The van der Waals surface area contributed by atoms with Crippen LogP contribution in [0.2, 0.25) is 0 Å². The first-order chi connectivity index (χ1) is 8.83. The highest BCUT2D eigenvalue weighted by molar-refractivity contribution is 5.29. The van der Waals surface area contributed by atoms with Crippen LogP contribution in [-0.4, -0.2) is 26.4 Å². The van der Waals surface area contributed by atoms with Gasteiger partial charge in [0.15, 0.2) is 0 Å². The van der Waals surface area contributed by atoms with Gasteiger partial charge in [0, 0.05) is 12.6 Å². The molecule has 1 aromatic rings. The highest BCUT2D eigenvalue weighted by Crippen LogP contribution is 2.22. The summed E-state index contributed by atoms with van der Waals surface area (Å²) in [5.41, 5.74) is 1.62. The molecule has 0 spiro atoms. The van der Waals surface area contributed by atoms with Crippen molar-refractivity contribution in [3.05, 3.63) is 35.1 Å². The second-order valence-corrected chi connectivity index (χ2v) is 4.30. The fourth-order valence-electron chi connectivity index (χ4n) is 1.87. The second-order valence-electron chi connectivity index (χ2n) is 4.30. The molecule has 1 atom stereocenters. The van der Waals surface area contributed by atoms with Crippen molar-refractivity contribution in [1.29, 1.82) is 0 Å². The third-order valence-corrected chi connectivity index (χ3v) is 2.77. The summed E-state index contributed by atoms with van der Waals surface area (Å²) in [7, 11) is 1.71. The van der Waals surface area contributed by atoms with Gasteiger partial charge in [-0.3, -0.25) is 0 Å². The van der Waals surface area contributed by atoms with Crippen LogP contribution in [0.5, 0.6) is 0 Å². The van der Waals surface area contributed by atoms with Gasteiger partial charge in [-0.25, -0.2) is 4.39 Å². The summed E-state index contributed by atoms with van der Waals surface area (Å²) < 4.78 is 53.3. The number of nitrogens with one attached hydrogen (secondary N) is 1. The monoisotopic (exact) mass is 279 g/mol. The summed E-state index contributed by atoms with van der Waals surface area (Å²) in [6, 6.07) is 4.21. The van der Waals surface area contributed by atoms with E-state index in [1.54, 1.807) is 20.0 Å². The van der Waals surface area contributed by atoms with E-state index in [4.69, 9.17) is 0 Å². The van der Waals surface area contributed by atoms with Crippen molar-refractivity contribution in [2.75, 3.05) is 20.3 Å². The van der Waals surface area contributed by atoms with E-state index in [0.717, 1.165) is 11.1 Å². The van der Waals surface area contributed by atoms with Crippen LogP contribution in [0.1, 0.15) is 23.6 Å². The normalized spacial score (nSPS) is 13.6. The molecule has 0 aromatic heterocycles. The molecule has 0 aliphatic heterocycles. The molecule has 0 radical (unpaired) electrons. The third kappa shape index (κ3) is 5.57. The number of hydrogen-bond donors (Lipinski definition) is 1. The molecule has 0 bridgehead atoms. The molecular weight excluding hydrogens is 262 g/mol. The van der Waals surface area contributed by atoms with Gasteiger partial charge in [-0.05, 0) is 43.7 Å². The standard InChI is InChI=1S/C13H17F4NO/c1-9-7-10(14)3-4-11(9)12(18-2)5-6-19-8-13(15,16)17/h3-4,7,12,18H,5-6,8H2,1-2H3. The number of benzene rings is 1. The first-order valence-electron chi connectivity index (χ1n) is 5.91. The number of alkyl halides is 3. The lowest BCUT2D eigenvalue weighted by molar-refractivity contribution is -0.174. The van der Waals surface area contributed by atoms with Crippen LogP contribution < -0.4 is 5.32 Å². The summed E-state index contributed by atoms with van der Waals surface area (Å²) in [5.74, 6) is -0.329. The predicted octanol–water partition coefficient (Wildman–Crippen LogP) is 3.36. The van der Waals surface area contributed by atoms with Crippen LogP contribution in [0.3, 0.4) is 0 Å². The maximum atomic E-state index is 13.0. The molecule has 0 fully saturated rings. The highest BCUT2D eigenvalue weighted by atomic mass is 19.4. The second kappa shape index (κ2) is 6.86. The van der Waals surface area contributed by atoms with Crippen molar-refractivity contribution in [1.82, 2.24) is 5.32 Å². The van der Waals surface area contributed by atoms with Crippen molar-refractivity contribution < 1.29 is 22.3 Å². The summed E-state index contributed by atoms with van der Waals surface area (Å²) >= 11 is 0. The van der Waals surface area contributed by atoms with Crippen LogP contribution in [-0.2, 0) is 4.74 Å². The lowest BCUT2D eigenvalue weighted by atomic mass is 9.99. The van der Waals surface area contributed by atoms with Gasteiger partial charge >= 0.3 is 6.18 Å². The summed E-state index contributed by atoms with van der Waals surface area (Å²) in [5, 5.41) is 2.99. The van der Waals surface area contributed by atoms with Gasteiger partial charge in [0.05, 0.1) is 0 Å². The molecule has 2 nitrogen and oxygen atoms in total. The Kier molecular flexibility index (Phi) is 5.75. The fourth-order valence-corrected chi connectivity index (χ4v) is 1.87. The van der Waals surface area contributed by atoms with Crippen molar-refractivity contribution >= 4 is 0 Å². The molecular formula is C13H17F4NO. The molecule has 1 N–H and O–H groups in total. The Morgan fingerprint density at radius 3 is 2.53 bits per heavy atom. The van der Waals surface area contributed by atoms with Gasteiger partial charge < -0.3 is 10.1 Å². The first kappa shape index (κ1) is 15.9. The Balaban J connectivity index is 2.54. The zero-order valence-corrected chi connectivity index (χ0v) is 10.9. The summed E-state index contributed by atoms with van der Waals surface area (Å²) in [6.07, 6.45) is -3.92. The van der Waals surface area contributed by atoms with Crippen molar-refractivity contribution in [2.24, 2.45) is 0 Å². The average molecular weight is 279 g/mol. The molecule has 1 rings (SSSR count). The van der Waals surface area contributed by atoms with Gasteiger partial charge in [-0.1, -0.05) is 6.07 Å². The smallest absolute Gasteiger partial charge is 0.372 e. The van der Waals surface area contributed by atoms with E-state index in [9.17, 15) is 17.6 Å². The minimum atomic E-state index is -4.30. The van der Waals surface area contributed by atoms with E-state index in [0.29, 0.717) is 6.42 Å². The van der Waals surface area contributed by atoms with Crippen LogP contribution in [0.15, 0.2) is 18.2 Å². The molecule has 108 valence electrons. The van der Waals surface area contributed by atoms with Crippen LogP contribution in [0.25, 0.3) is 0 Å². The minimum Gasteiger partial charge on any atom is -0.372 e. The number of halogens is 4. The molecule has 0 aliphatic rings. The molecule has 0 saturated carbocycles. The van der Waals surface area contributed by atoms with Crippen LogP contribution in [0, 0.1) is 12.7 Å². The Morgan fingerprint density at radius 2 is 2.00 bits per heavy atom. The number of aryl methyl sites for hydroxylation is 1. The summed E-state index contributed by atoms with van der Waals surface area (Å²) in [4.78, 5) is 0. The fraction of sp³-hybridized carbons (Fsp3) is 0.538. The van der Waals surface area contributed by atoms with E-state index < -0.39 is 12.8 Å². The van der Waals surface area contributed by atoms with E-state index in [2.05, 4.69) is 10.1 Å². The lowest BCUT2D eigenvalue weighted by Crippen LogP contribution is -2.22. The molecule has 1 unspecified atom stereocenters.